The summed E-state index contributed by atoms with van der Waals surface area (Å²) < 4.78 is 0. The molecule has 0 bridgehead atoms. The second-order valence-electron chi connectivity index (χ2n) is 7.88. The lowest BCUT2D eigenvalue weighted by atomic mass is 9.95. The molecule has 4 N–H and O–H groups in total. The molecule has 0 spiro atoms. The number of nitrogens with one attached hydrogen (secondary N) is 4. The second kappa shape index (κ2) is 11.5. The number of carbonyl (C=O) groups excluding carboxylic acids is 3. The summed E-state index contributed by atoms with van der Waals surface area (Å²) in [5.74, 6) is -0.527. The second-order valence-corrected chi connectivity index (χ2v) is 8.29. The van der Waals surface area contributed by atoms with E-state index in [2.05, 4.69) is 21.3 Å². The Morgan fingerprint density at radius 2 is 1.50 bits per heavy atom. The van der Waals surface area contributed by atoms with Crippen molar-refractivity contribution in [1.82, 2.24) is 5.32 Å². The van der Waals surface area contributed by atoms with E-state index in [9.17, 15) is 14.4 Å². The van der Waals surface area contributed by atoms with Crippen LogP contribution in [0.1, 0.15) is 55.8 Å². The molecule has 32 heavy (non-hydrogen) atoms. The smallest absolute Gasteiger partial charge is 0.253 e. The fraction of sp³-hybridized carbons (Fsp3) is 0.375. The molecule has 0 saturated heterocycles. The average Bonchev–Trinajstić information content (AvgIpc) is 2.80. The van der Waals surface area contributed by atoms with E-state index in [4.69, 9.17) is 11.6 Å². The van der Waals surface area contributed by atoms with E-state index in [1.807, 2.05) is 0 Å². The molecule has 1 aliphatic rings. The Bertz CT molecular complexity index is 956. The van der Waals surface area contributed by atoms with Crippen LogP contribution in [-0.2, 0) is 9.59 Å². The zero-order valence-electron chi connectivity index (χ0n) is 18.2. The molecule has 0 aromatic heterocycles. The van der Waals surface area contributed by atoms with Crippen molar-refractivity contribution >= 4 is 46.4 Å². The van der Waals surface area contributed by atoms with Crippen LogP contribution in [0.3, 0.4) is 0 Å². The highest BCUT2D eigenvalue weighted by molar-refractivity contribution is 6.34. The van der Waals surface area contributed by atoms with Crippen molar-refractivity contribution in [2.45, 2.75) is 51.5 Å². The number of hydrogen-bond acceptors (Lipinski definition) is 4. The van der Waals surface area contributed by atoms with Gasteiger partial charge in [-0.1, -0.05) is 37.8 Å². The van der Waals surface area contributed by atoms with Gasteiger partial charge in [0.25, 0.3) is 5.91 Å². The van der Waals surface area contributed by atoms with Gasteiger partial charge in [-0.2, -0.15) is 0 Å². The van der Waals surface area contributed by atoms with Crippen LogP contribution < -0.4 is 21.3 Å². The van der Waals surface area contributed by atoms with Gasteiger partial charge in [-0.25, -0.2) is 0 Å². The summed E-state index contributed by atoms with van der Waals surface area (Å²) in [5.41, 5.74) is 2.31. The van der Waals surface area contributed by atoms with Crippen molar-refractivity contribution in [3.05, 3.63) is 53.1 Å². The van der Waals surface area contributed by atoms with Crippen LogP contribution in [-0.4, -0.2) is 30.3 Å². The Labute approximate surface area is 193 Å². The summed E-state index contributed by atoms with van der Waals surface area (Å²) in [4.78, 5) is 36.4. The summed E-state index contributed by atoms with van der Waals surface area (Å²) >= 11 is 6.23. The third kappa shape index (κ3) is 6.99. The molecule has 0 heterocycles. The van der Waals surface area contributed by atoms with Gasteiger partial charge in [0.1, 0.15) is 0 Å². The van der Waals surface area contributed by atoms with Gasteiger partial charge in [-0.05, 0) is 55.3 Å². The molecule has 0 radical (unpaired) electrons. The summed E-state index contributed by atoms with van der Waals surface area (Å²) in [5, 5.41) is 12.0. The molecule has 2 aromatic carbocycles. The van der Waals surface area contributed by atoms with Gasteiger partial charge in [-0.15, -0.1) is 0 Å². The fourth-order valence-corrected chi connectivity index (χ4v) is 3.80. The fourth-order valence-electron chi connectivity index (χ4n) is 3.60. The highest BCUT2D eigenvalue weighted by atomic mass is 35.5. The van der Waals surface area contributed by atoms with Gasteiger partial charge in [0, 0.05) is 29.5 Å². The summed E-state index contributed by atoms with van der Waals surface area (Å²) in [7, 11) is 0. The van der Waals surface area contributed by atoms with E-state index in [1.165, 1.54) is 6.42 Å². The Morgan fingerprint density at radius 1 is 0.875 bits per heavy atom. The average molecular weight is 457 g/mol. The number of rotatable bonds is 8. The molecule has 7 nitrogen and oxygen atoms in total. The first kappa shape index (κ1) is 23.6. The van der Waals surface area contributed by atoms with Crippen molar-refractivity contribution in [2.24, 2.45) is 0 Å². The number of anilines is 3. The molecule has 1 saturated carbocycles. The van der Waals surface area contributed by atoms with E-state index in [-0.39, 0.29) is 30.3 Å². The lowest BCUT2D eigenvalue weighted by Crippen LogP contribution is -2.36. The first-order chi connectivity index (χ1) is 15.4. The van der Waals surface area contributed by atoms with Crippen molar-refractivity contribution in [2.75, 3.05) is 22.5 Å². The van der Waals surface area contributed by atoms with Crippen molar-refractivity contribution < 1.29 is 14.4 Å². The molecule has 0 unspecified atom stereocenters. The number of hydrogen-bond donors (Lipinski definition) is 4. The zero-order valence-corrected chi connectivity index (χ0v) is 18.9. The van der Waals surface area contributed by atoms with Crippen molar-refractivity contribution in [1.29, 1.82) is 0 Å². The summed E-state index contributed by atoms with van der Waals surface area (Å²) in [6, 6.07) is 12.2. The topological polar surface area (TPSA) is 99.3 Å². The summed E-state index contributed by atoms with van der Waals surface area (Å²) in [6.45, 7) is 1.84. The van der Waals surface area contributed by atoms with Crippen LogP contribution in [0.5, 0.6) is 0 Å². The van der Waals surface area contributed by atoms with E-state index < -0.39 is 0 Å². The maximum Gasteiger partial charge on any atom is 0.253 e. The lowest BCUT2D eigenvalue weighted by molar-refractivity contribution is -0.116. The number of carbonyl (C=O) groups is 3. The van der Waals surface area contributed by atoms with Crippen LogP contribution in [0.15, 0.2) is 42.5 Å². The molecule has 0 atom stereocenters. The minimum absolute atomic E-state index is 0.0485. The van der Waals surface area contributed by atoms with Gasteiger partial charge < -0.3 is 21.3 Å². The highest BCUT2D eigenvalue weighted by Crippen LogP contribution is 2.23. The number of benzene rings is 2. The van der Waals surface area contributed by atoms with Crippen LogP contribution in [0.4, 0.5) is 17.1 Å². The van der Waals surface area contributed by atoms with Crippen molar-refractivity contribution in [3.8, 4) is 0 Å². The summed E-state index contributed by atoms with van der Waals surface area (Å²) in [6.07, 6.45) is 5.83. The molecular weight excluding hydrogens is 428 g/mol. The number of halogens is 1. The van der Waals surface area contributed by atoms with Crippen molar-refractivity contribution in [3.63, 3.8) is 0 Å². The largest absolute Gasteiger partial charge is 0.376 e. The number of amides is 3. The van der Waals surface area contributed by atoms with E-state index in [0.29, 0.717) is 28.4 Å². The van der Waals surface area contributed by atoms with Gasteiger partial charge >= 0.3 is 0 Å². The lowest BCUT2D eigenvalue weighted by Gasteiger charge is -2.23. The molecule has 3 amide bonds. The van der Waals surface area contributed by atoms with Gasteiger partial charge in [0.2, 0.25) is 11.8 Å². The van der Waals surface area contributed by atoms with Gasteiger partial charge in [0.05, 0.1) is 17.1 Å². The van der Waals surface area contributed by atoms with E-state index in [0.717, 1.165) is 31.4 Å². The Balaban J connectivity index is 1.52. The first-order valence-corrected chi connectivity index (χ1v) is 11.4. The molecule has 3 rings (SSSR count). The Morgan fingerprint density at radius 3 is 2.19 bits per heavy atom. The third-order valence-electron chi connectivity index (χ3n) is 5.38. The predicted octanol–water partition coefficient (Wildman–Crippen LogP) is 4.80. The monoisotopic (exact) mass is 456 g/mol. The molecule has 170 valence electrons. The zero-order chi connectivity index (χ0) is 22.9. The van der Waals surface area contributed by atoms with Crippen LogP contribution in [0.2, 0.25) is 5.02 Å². The van der Waals surface area contributed by atoms with E-state index >= 15 is 0 Å². The molecule has 2 aromatic rings. The normalized spacial score (nSPS) is 13.8. The maximum absolute atomic E-state index is 12.6. The Kier molecular flexibility index (Phi) is 8.50. The van der Waals surface area contributed by atoms with E-state index in [1.54, 1.807) is 49.4 Å². The molecule has 1 fully saturated rings. The molecule has 0 aliphatic heterocycles. The maximum atomic E-state index is 12.6. The van der Waals surface area contributed by atoms with Crippen LogP contribution >= 0.6 is 11.6 Å². The minimum Gasteiger partial charge on any atom is -0.376 e. The molecule has 8 heteroatoms. The van der Waals surface area contributed by atoms with Crippen LogP contribution in [0, 0.1) is 0 Å². The highest BCUT2D eigenvalue weighted by Gasteiger charge is 2.19. The third-order valence-corrected chi connectivity index (χ3v) is 5.71. The quantitative estimate of drug-likeness (QED) is 0.458. The Hall–Kier alpha value is -3.06. The predicted molar refractivity (Wildman–Crippen MR) is 128 cm³/mol. The molecule has 1 aliphatic carbocycles. The SMILES string of the molecule is CCC(=O)Nc1ccc(NCC(=O)Nc2ccc(Cl)c(C(=O)NC3CCCCC3)c2)cc1. The minimum atomic E-state index is -0.255. The van der Waals surface area contributed by atoms with Crippen LogP contribution in [0.25, 0.3) is 0 Å². The van der Waals surface area contributed by atoms with Gasteiger partial charge in [-0.3, -0.25) is 14.4 Å². The first-order valence-electron chi connectivity index (χ1n) is 11.0. The van der Waals surface area contributed by atoms with Gasteiger partial charge in [0.15, 0.2) is 0 Å². The standard InChI is InChI=1S/C24H29ClN4O3/c1-2-22(30)27-18-10-8-16(9-11-18)26-15-23(31)28-19-12-13-21(25)20(14-19)24(32)29-17-6-4-3-5-7-17/h8-14,17,26H,2-7,15H2,1H3,(H,27,30)(H,28,31)(H,29,32). The molecular formula is C24H29ClN4O3.